The highest BCUT2D eigenvalue weighted by atomic mass is 127. The minimum atomic E-state index is 0.0487. The SMILES string of the molecule is CC(C)(COCC(C)(C)COSI)COSI. The lowest BCUT2D eigenvalue weighted by molar-refractivity contribution is -0.00921. The van der Waals surface area contributed by atoms with Crippen LogP contribution in [0.15, 0.2) is 0 Å². The van der Waals surface area contributed by atoms with E-state index in [0.29, 0.717) is 26.4 Å². The fourth-order valence-electron chi connectivity index (χ4n) is 1.05. The normalized spacial score (nSPS) is 13.1. The second-order valence-electron chi connectivity index (χ2n) is 5.47. The Morgan fingerprint density at radius 1 is 0.765 bits per heavy atom. The molecule has 0 saturated carbocycles. The summed E-state index contributed by atoms with van der Waals surface area (Å²) in [5.41, 5.74) is 0.0975. The van der Waals surface area contributed by atoms with Crippen molar-refractivity contribution < 1.29 is 13.1 Å². The molecule has 0 radical (unpaired) electrons. The number of halogens is 2. The maximum atomic E-state index is 5.77. The summed E-state index contributed by atoms with van der Waals surface area (Å²) in [6.45, 7) is 11.4. The van der Waals surface area contributed by atoms with Crippen LogP contribution in [0.25, 0.3) is 0 Å². The van der Waals surface area contributed by atoms with Gasteiger partial charge in [0.05, 0.1) is 44.9 Å². The van der Waals surface area contributed by atoms with E-state index in [-0.39, 0.29) is 10.8 Å². The molecule has 0 aliphatic rings. The highest BCUT2D eigenvalue weighted by Gasteiger charge is 2.23. The van der Waals surface area contributed by atoms with E-state index in [1.54, 1.807) is 0 Å². The Hall–Kier alpha value is 2.04. The summed E-state index contributed by atoms with van der Waals surface area (Å²) in [5.74, 6) is 0. The van der Waals surface area contributed by atoms with Gasteiger partial charge in [0.2, 0.25) is 0 Å². The summed E-state index contributed by atoms with van der Waals surface area (Å²) in [5, 5.41) is 0. The molecule has 0 rings (SSSR count). The Bertz CT molecular complexity index is 184. The van der Waals surface area contributed by atoms with Crippen LogP contribution in [-0.2, 0) is 13.1 Å². The topological polar surface area (TPSA) is 27.7 Å². The van der Waals surface area contributed by atoms with E-state index in [9.17, 15) is 0 Å². The van der Waals surface area contributed by atoms with Crippen molar-refractivity contribution in [2.45, 2.75) is 27.7 Å². The summed E-state index contributed by atoms with van der Waals surface area (Å²) in [6, 6.07) is 0. The average molecular weight is 506 g/mol. The van der Waals surface area contributed by atoms with E-state index >= 15 is 0 Å². The molecule has 7 heteroatoms. The van der Waals surface area contributed by atoms with Gasteiger partial charge in [-0.25, -0.2) is 0 Å². The van der Waals surface area contributed by atoms with E-state index in [2.05, 4.69) is 70.1 Å². The minimum Gasteiger partial charge on any atom is -0.380 e. The molecular weight excluding hydrogens is 486 g/mol. The van der Waals surface area contributed by atoms with Gasteiger partial charge in [-0.15, -0.1) is 0 Å². The van der Waals surface area contributed by atoms with Crippen molar-refractivity contribution in [2.75, 3.05) is 26.4 Å². The van der Waals surface area contributed by atoms with Crippen LogP contribution < -0.4 is 0 Å². The van der Waals surface area contributed by atoms with Crippen LogP contribution in [-0.4, -0.2) is 26.4 Å². The number of hydrogen-bond acceptors (Lipinski definition) is 5. The molecule has 0 bridgehead atoms. The molecule has 104 valence electrons. The van der Waals surface area contributed by atoms with Crippen LogP contribution in [0.1, 0.15) is 27.7 Å². The second-order valence-corrected chi connectivity index (χ2v) is 8.35. The second kappa shape index (κ2) is 9.87. The van der Waals surface area contributed by atoms with Gasteiger partial charge in [-0.3, -0.25) is 0 Å². The highest BCUT2D eigenvalue weighted by Crippen LogP contribution is 2.25. The first-order valence-corrected chi connectivity index (χ1v) is 11.8. The van der Waals surface area contributed by atoms with Crippen molar-refractivity contribution >= 4 is 60.8 Å². The third kappa shape index (κ3) is 11.6. The molecule has 0 unspecified atom stereocenters. The molecule has 0 aromatic heterocycles. The molecule has 0 atom stereocenters. The van der Waals surface area contributed by atoms with Gasteiger partial charge in [-0.1, -0.05) is 27.7 Å². The van der Waals surface area contributed by atoms with Gasteiger partial charge in [0.25, 0.3) is 0 Å². The van der Waals surface area contributed by atoms with Crippen molar-refractivity contribution in [1.29, 1.82) is 0 Å². The summed E-state index contributed by atoms with van der Waals surface area (Å²) < 4.78 is 16.5. The first-order chi connectivity index (χ1) is 7.83. The molecule has 0 spiro atoms. The molecule has 0 aromatic rings. The smallest absolute Gasteiger partial charge is 0.0696 e. The zero-order chi connectivity index (χ0) is 13.4. The summed E-state index contributed by atoms with van der Waals surface area (Å²) in [6.07, 6.45) is 0. The van der Waals surface area contributed by atoms with Crippen molar-refractivity contribution in [2.24, 2.45) is 10.8 Å². The number of hydrogen-bond donors (Lipinski definition) is 0. The van der Waals surface area contributed by atoms with E-state index in [1.807, 2.05) is 0 Å². The lowest BCUT2D eigenvalue weighted by Gasteiger charge is -2.27. The van der Waals surface area contributed by atoms with Gasteiger partial charge in [0.1, 0.15) is 0 Å². The maximum Gasteiger partial charge on any atom is 0.0696 e. The van der Waals surface area contributed by atoms with Gasteiger partial charge in [0, 0.05) is 53.2 Å². The molecule has 0 fully saturated rings. The summed E-state index contributed by atoms with van der Waals surface area (Å²) in [4.78, 5) is 0. The Kier molecular flexibility index (Phi) is 11.1. The predicted octanol–water partition coefficient (Wildman–Crippen LogP) is 5.09. The Labute approximate surface area is 137 Å². The lowest BCUT2D eigenvalue weighted by Crippen LogP contribution is -2.30. The third-order valence-electron chi connectivity index (χ3n) is 1.97. The largest absolute Gasteiger partial charge is 0.380 e. The number of ether oxygens (including phenoxy) is 1. The number of rotatable bonds is 10. The van der Waals surface area contributed by atoms with E-state index in [1.165, 1.54) is 18.4 Å². The minimum absolute atomic E-state index is 0.0487. The van der Waals surface area contributed by atoms with Crippen LogP contribution in [0.2, 0.25) is 0 Å². The third-order valence-corrected chi connectivity index (χ3v) is 3.91. The molecule has 0 heterocycles. The molecule has 3 nitrogen and oxygen atoms in total. The van der Waals surface area contributed by atoms with Crippen molar-refractivity contribution in [1.82, 2.24) is 0 Å². The standard InChI is InChI=1S/C10H20I2O3S2/c1-9(2,7-14-16-11)5-13-6-10(3,4)8-15-17-12/h5-8H2,1-4H3. The molecule has 0 aliphatic heterocycles. The Balaban J connectivity index is 3.80. The molecular formula is C10H20I2O3S2. The lowest BCUT2D eigenvalue weighted by atomic mass is 9.94. The zero-order valence-electron chi connectivity index (χ0n) is 10.6. The van der Waals surface area contributed by atoms with Gasteiger partial charge in [-0.05, 0) is 0 Å². The van der Waals surface area contributed by atoms with E-state index in [4.69, 9.17) is 13.1 Å². The van der Waals surface area contributed by atoms with Crippen molar-refractivity contribution in [3.8, 4) is 0 Å². The molecule has 0 N–H and O–H groups in total. The molecule has 0 aromatic carbocycles. The quantitative estimate of drug-likeness (QED) is 0.304. The highest BCUT2D eigenvalue weighted by molar-refractivity contribution is 14.2. The fourth-order valence-corrected chi connectivity index (χ4v) is 2.54. The Morgan fingerprint density at radius 3 is 1.41 bits per heavy atom. The van der Waals surface area contributed by atoms with E-state index in [0.717, 1.165) is 0 Å². The first kappa shape index (κ1) is 19.0. The molecule has 0 saturated heterocycles. The van der Waals surface area contributed by atoms with Crippen molar-refractivity contribution in [3.63, 3.8) is 0 Å². The monoisotopic (exact) mass is 506 g/mol. The Morgan fingerprint density at radius 2 is 1.12 bits per heavy atom. The fraction of sp³-hybridized carbons (Fsp3) is 1.00. The first-order valence-electron chi connectivity index (χ1n) is 5.21. The maximum absolute atomic E-state index is 5.77. The van der Waals surface area contributed by atoms with Gasteiger partial charge < -0.3 is 13.1 Å². The van der Waals surface area contributed by atoms with E-state index < -0.39 is 0 Å². The van der Waals surface area contributed by atoms with Crippen LogP contribution in [0.5, 0.6) is 0 Å². The molecule has 17 heavy (non-hydrogen) atoms. The van der Waals surface area contributed by atoms with Crippen molar-refractivity contribution in [3.05, 3.63) is 0 Å². The van der Waals surface area contributed by atoms with Crippen LogP contribution in [0.3, 0.4) is 0 Å². The van der Waals surface area contributed by atoms with Crippen LogP contribution in [0.4, 0.5) is 0 Å². The van der Waals surface area contributed by atoms with Gasteiger partial charge in [0.15, 0.2) is 0 Å². The van der Waals surface area contributed by atoms with Gasteiger partial charge in [-0.2, -0.15) is 0 Å². The van der Waals surface area contributed by atoms with Crippen LogP contribution in [0, 0.1) is 10.8 Å². The van der Waals surface area contributed by atoms with Gasteiger partial charge >= 0.3 is 0 Å². The predicted molar refractivity (Wildman–Crippen MR) is 93.5 cm³/mol. The van der Waals surface area contributed by atoms with Crippen LogP contribution >= 0.6 is 60.8 Å². The average Bonchev–Trinajstić information content (AvgIpc) is 2.23. The molecule has 0 aliphatic carbocycles. The summed E-state index contributed by atoms with van der Waals surface area (Å²) in [7, 11) is 2.74. The molecule has 0 amide bonds. The summed E-state index contributed by atoms with van der Waals surface area (Å²) >= 11 is 4.25. The zero-order valence-corrected chi connectivity index (χ0v) is 16.6.